The number of nitrogens with one attached hydrogen (secondary N) is 1. The first kappa shape index (κ1) is 13.7. The third-order valence-electron chi connectivity index (χ3n) is 2.83. The van der Waals surface area contributed by atoms with E-state index in [-0.39, 0.29) is 6.04 Å². The summed E-state index contributed by atoms with van der Waals surface area (Å²) < 4.78 is 2.03. The van der Waals surface area contributed by atoms with Crippen LogP contribution in [0.3, 0.4) is 0 Å². The number of aryl methyl sites for hydroxylation is 1. The highest BCUT2D eigenvalue weighted by Gasteiger charge is 2.17. The molecule has 94 valence electrons. The van der Waals surface area contributed by atoms with Crippen LogP contribution in [-0.2, 0) is 0 Å². The fourth-order valence-electron chi connectivity index (χ4n) is 1.86. The minimum absolute atomic E-state index is 0.0822. The van der Waals surface area contributed by atoms with Crippen LogP contribution in [-0.4, -0.2) is 4.98 Å². The lowest BCUT2D eigenvalue weighted by molar-refractivity contribution is 0.629. The first-order chi connectivity index (χ1) is 8.63. The number of rotatable bonds is 3. The molecular weight excluding hydrogens is 358 g/mol. The van der Waals surface area contributed by atoms with E-state index < -0.39 is 0 Å². The summed E-state index contributed by atoms with van der Waals surface area (Å²) in [4.78, 5) is 4.17. The highest BCUT2D eigenvalue weighted by molar-refractivity contribution is 9.11. The minimum atomic E-state index is -0.0822. The molecule has 2 aromatic rings. The van der Waals surface area contributed by atoms with E-state index in [1.807, 2.05) is 37.4 Å². The molecule has 0 fully saturated rings. The molecular formula is C13H13Br2N3. The van der Waals surface area contributed by atoms with Crippen LogP contribution < -0.4 is 11.3 Å². The number of hydrogen-bond donors (Lipinski definition) is 2. The Balaban J connectivity index is 2.49. The van der Waals surface area contributed by atoms with E-state index in [1.54, 1.807) is 6.20 Å². The van der Waals surface area contributed by atoms with Crippen molar-refractivity contribution in [1.29, 1.82) is 0 Å². The summed E-state index contributed by atoms with van der Waals surface area (Å²) >= 11 is 7.01. The lowest BCUT2D eigenvalue weighted by atomic mass is 9.97. The number of benzene rings is 1. The van der Waals surface area contributed by atoms with Crippen LogP contribution in [0.25, 0.3) is 0 Å². The van der Waals surface area contributed by atoms with Gasteiger partial charge in [-0.3, -0.25) is 10.8 Å². The van der Waals surface area contributed by atoms with Gasteiger partial charge in [-0.25, -0.2) is 5.43 Å². The highest BCUT2D eigenvalue weighted by Crippen LogP contribution is 2.31. The molecule has 18 heavy (non-hydrogen) atoms. The van der Waals surface area contributed by atoms with E-state index in [2.05, 4.69) is 42.3 Å². The molecule has 3 nitrogen and oxygen atoms in total. The Labute approximate surface area is 123 Å². The summed E-state index contributed by atoms with van der Waals surface area (Å²) in [7, 11) is 0. The van der Waals surface area contributed by atoms with Crippen molar-refractivity contribution in [2.45, 2.75) is 13.0 Å². The molecule has 0 aliphatic rings. The molecule has 1 aromatic heterocycles. The third-order valence-corrected chi connectivity index (χ3v) is 4.01. The van der Waals surface area contributed by atoms with Crippen LogP contribution in [0.5, 0.6) is 0 Å². The lowest BCUT2D eigenvalue weighted by Crippen LogP contribution is -2.29. The predicted octanol–water partition coefficient (Wildman–Crippen LogP) is 3.47. The lowest BCUT2D eigenvalue weighted by Gasteiger charge is -2.20. The average Bonchev–Trinajstić information content (AvgIpc) is 2.34. The van der Waals surface area contributed by atoms with Crippen LogP contribution in [0.2, 0.25) is 0 Å². The van der Waals surface area contributed by atoms with E-state index in [1.165, 1.54) is 0 Å². The molecule has 1 unspecified atom stereocenters. The zero-order valence-corrected chi connectivity index (χ0v) is 13.0. The maximum absolute atomic E-state index is 5.70. The molecule has 1 aromatic carbocycles. The van der Waals surface area contributed by atoms with Gasteiger partial charge in [0.05, 0.1) is 6.04 Å². The first-order valence-electron chi connectivity index (χ1n) is 5.45. The smallest absolute Gasteiger partial charge is 0.0738 e. The second-order valence-corrected chi connectivity index (χ2v) is 5.77. The van der Waals surface area contributed by atoms with Gasteiger partial charge in [-0.15, -0.1) is 0 Å². The van der Waals surface area contributed by atoms with Crippen LogP contribution >= 0.6 is 31.9 Å². The number of nitrogens with zero attached hydrogens (tertiary/aromatic N) is 1. The Bertz CT molecular complexity index is 558. The molecule has 2 rings (SSSR count). The van der Waals surface area contributed by atoms with Crippen molar-refractivity contribution in [3.63, 3.8) is 0 Å². The van der Waals surface area contributed by atoms with E-state index in [0.717, 1.165) is 25.6 Å². The van der Waals surface area contributed by atoms with E-state index in [4.69, 9.17) is 5.84 Å². The monoisotopic (exact) mass is 369 g/mol. The zero-order chi connectivity index (χ0) is 13.1. The van der Waals surface area contributed by atoms with Crippen LogP contribution in [0.4, 0.5) is 0 Å². The van der Waals surface area contributed by atoms with Gasteiger partial charge in [0.2, 0.25) is 0 Å². The van der Waals surface area contributed by atoms with Crippen molar-refractivity contribution in [2.24, 2.45) is 5.84 Å². The molecule has 0 bridgehead atoms. The van der Waals surface area contributed by atoms with E-state index in [0.29, 0.717) is 0 Å². The Morgan fingerprint density at radius 1 is 1.22 bits per heavy atom. The predicted molar refractivity (Wildman–Crippen MR) is 80.0 cm³/mol. The summed E-state index contributed by atoms with van der Waals surface area (Å²) in [6, 6.07) is 7.93. The van der Waals surface area contributed by atoms with Gasteiger partial charge in [0.15, 0.2) is 0 Å². The van der Waals surface area contributed by atoms with Crippen molar-refractivity contribution in [2.75, 3.05) is 0 Å². The molecule has 0 radical (unpaired) electrons. The van der Waals surface area contributed by atoms with E-state index in [9.17, 15) is 0 Å². The maximum Gasteiger partial charge on any atom is 0.0738 e. The van der Waals surface area contributed by atoms with Gasteiger partial charge in [0.1, 0.15) is 0 Å². The molecule has 0 amide bonds. The number of hydrogen-bond acceptors (Lipinski definition) is 3. The Morgan fingerprint density at radius 2 is 2.00 bits per heavy atom. The normalized spacial score (nSPS) is 12.4. The van der Waals surface area contributed by atoms with Crippen LogP contribution in [0.1, 0.15) is 22.7 Å². The van der Waals surface area contributed by atoms with Crippen molar-refractivity contribution in [1.82, 2.24) is 10.4 Å². The largest absolute Gasteiger partial charge is 0.271 e. The Hall–Kier alpha value is -0.750. The quantitative estimate of drug-likeness (QED) is 0.642. The van der Waals surface area contributed by atoms with Gasteiger partial charge >= 0.3 is 0 Å². The molecule has 3 N–H and O–H groups in total. The van der Waals surface area contributed by atoms with Gasteiger partial charge in [-0.2, -0.15) is 0 Å². The molecule has 0 aliphatic carbocycles. The second kappa shape index (κ2) is 5.93. The molecule has 0 spiro atoms. The van der Waals surface area contributed by atoms with Gasteiger partial charge in [-0.1, -0.05) is 37.9 Å². The average molecular weight is 371 g/mol. The zero-order valence-electron chi connectivity index (χ0n) is 9.82. The number of hydrazine groups is 1. The second-order valence-electron chi connectivity index (χ2n) is 4.00. The fourth-order valence-corrected chi connectivity index (χ4v) is 3.14. The molecule has 0 aliphatic heterocycles. The van der Waals surface area contributed by atoms with E-state index >= 15 is 0 Å². The molecule has 0 saturated carbocycles. The summed E-state index contributed by atoms with van der Waals surface area (Å²) in [5.74, 6) is 5.70. The summed E-state index contributed by atoms with van der Waals surface area (Å²) in [6.07, 6.45) is 3.62. The van der Waals surface area contributed by atoms with Gasteiger partial charge in [0, 0.05) is 21.3 Å². The SMILES string of the molecule is Cc1ccncc1C(NN)c1ccc(Br)cc1Br. The number of nitrogens with two attached hydrogens (primary N) is 1. The van der Waals surface area contributed by atoms with Crippen molar-refractivity contribution >= 4 is 31.9 Å². The van der Waals surface area contributed by atoms with Crippen LogP contribution in [0.15, 0.2) is 45.6 Å². The summed E-state index contributed by atoms with van der Waals surface area (Å²) in [6.45, 7) is 2.05. The maximum atomic E-state index is 5.70. The molecule has 1 atom stereocenters. The number of pyridine rings is 1. The van der Waals surface area contributed by atoms with Gasteiger partial charge in [0.25, 0.3) is 0 Å². The summed E-state index contributed by atoms with van der Waals surface area (Å²) in [5, 5.41) is 0. The fraction of sp³-hybridized carbons (Fsp3) is 0.154. The third kappa shape index (κ3) is 2.80. The molecule has 0 saturated heterocycles. The van der Waals surface area contributed by atoms with Crippen molar-refractivity contribution in [3.8, 4) is 0 Å². The van der Waals surface area contributed by atoms with Gasteiger partial charge < -0.3 is 0 Å². The minimum Gasteiger partial charge on any atom is -0.271 e. The molecule has 1 heterocycles. The highest BCUT2D eigenvalue weighted by atomic mass is 79.9. The van der Waals surface area contributed by atoms with Crippen LogP contribution in [0, 0.1) is 6.92 Å². The first-order valence-corrected chi connectivity index (χ1v) is 7.03. The van der Waals surface area contributed by atoms with Crippen molar-refractivity contribution < 1.29 is 0 Å². The Morgan fingerprint density at radius 3 is 2.61 bits per heavy atom. The van der Waals surface area contributed by atoms with Gasteiger partial charge in [-0.05, 0) is 41.8 Å². The molecule has 5 heteroatoms. The summed E-state index contributed by atoms with van der Waals surface area (Å²) in [5.41, 5.74) is 6.16. The Kier molecular flexibility index (Phi) is 4.50. The number of halogens is 2. The topological polar surface area (TPSA) is 50.9 Å². The number of aromatic nitrogens is 1. The standard InChI is InChI=1S/C13H13Br2N3/c1-8-4-5-17-7-11(8)13(18-16)10-3-2-9(14)6-12(10)15/h2-7,13,18H,16H2,1H3. The van der Waals surface area contributed by atoms with Crippen molar-refractivity contribution in [3.05, 3.63) is 62.3 Å².